The number of hydrogen-bond acceptors (Lipinski definition) is 6. The van der Waals surface area contributed by atoms with Crippen LogP contribution in [0, 0.1) is 10.1 Å². The van der Waals surface area contributed by atoms with E-state index in [2.05, 4.69) is 5.32 Å². The van der Waals surface area contributed by atoms with Crippen LogP contribution in [0.4, 0.5) is 5.69 Å². The summed E-state index contributed by atoms with van der Waals surface area (Å²) in [6, 6.07) is 22.2. The number of carbonyl (C=O) groups is 2. The monoisotopic (exact) mass is 519 g/mol. The Morgan fingerprint density at radius 2 is 1.63 bits per heavy atom. The van der Waals surface area contributed by atoms with E-state index in [9.17, 15) is 19.7 Å². The third-order valence-corrected chi connectivity index (χ3v) is 6.18. The third kappa shape index (κ3) is 7.80. The first-order valence-corrected chi connectivity index (χ1v) is 12.4. The minimum absolute atomic E-state index is 0.0241. The van der Waals surface area contributed by atoms with Gasteiger partial charge in [0.15, 0.2) is 6.61 Å². The van der Waals surface area contributed by atoms with Crippen molar-refractivity contribution in [3.63, 3.8) is 0 Å². The van der Waals surface area contributed by atoms with Crippen LogP contribution in [0.2, 0.25) is 0 Å². The number of nitro groups is 1. The van der Waals surface area contributed by atoms with Gasteiger partial charge in [0.05, 0.1) is 12.0 Å². The number of nitrogens with one attached hydrogen (secondary N) is 1. The van der Waals surface area contributed by atoms with Crippen LogP contribution < -0.4 is 14.8 Å². The predicted octanol–water partition coefficient (Wildman–Crippen LogP) is 4.54. The van der Waals surface area contributed by atoms with Gasteiger partial charge >= 0.3 is 5.69 Å². The second-order valence-electron chi connectivity index (χ2n) is 8.91. The number of amides is 2. The van der Waals surface area contributed by atoms with Crippen molar-refractivity contribution in [2.24, 2.45) is 0 Å². The van der Waals surface area contributed by atoms with Gasteiger partial charge in [0.2, 0.25) is 11.7 Å². The van der Waals surface area contributed by atoms with Crippen molar-refractivity contribution >= 4 is 17.5 Å². The summed E-state index contributed by atoms with van der Waals surface area (Å²) < 4.78 is 10.8. The van der Waals surface area contributed by atoms with Crippen LogP contribution in [0.25, 0.3) is 0 Å². The molecule has 3 aromatic carbocycles. The molecule has 200 valence electrons. The fraction of sp³-hybridized carbons (Fsp3) is 0.310. The van der Waals surface area contributed by atoms with E-state index < -0.39 is 16.9 Å². The molecule has 0 aliphatic heterocycles. The van der Waals surface area contributed by atoms with Crippen molar-refractivity contribution in [3.8, 4) is 11.5 Å². The first-order valence-electron chi connectivity index (χ1n) is 12.4. The Balaban J connectivity index is 1.90. The molecule has 0 aliphatic rings. The summed E-state index contributed by atoms with van der Waals surface area (Å²) in [6.45, 7) is 3.75. The number of nitrogens with zero attached hydrogens (tertiary/aromatic N) is 2. The number of hydrogen-bond donors (Lipinski definition) is 1. The van der Waals surface area contributed by atoms with Crippen molar-refractivity contribution < 1.29 is 24.0 Å². The highest BCUT2D eigenvalue weighted by Crippen LogP contribution is 2.30. The molecule has 0 aliphatic carbocycles. The molecule has 0 fully saturated rings. The van der Waals surface area contributed by atoms with E-state index in [1.54, 1.807) is 0 Å². The van der Waals surface area contributed by atoms with Crippen molar-refractivity contribution in [2.45, 2.75) is 45.3 Å². The topological polar surface area (TPSA) is 111 Å². The van der Waals surface area contributed by atoms with Gasteiger partial charge in [-0.25, -0.2) is 0 Å². The van der Waals surface area contributed by atoms with Gasteiger partial charge in [0.25, 0.3) is 5.91 Å². The van der Waals surface area contributed by atoms with Crippen molar-refractivity contribution in [2.75, 3.05) is 13.7 Å². The zero-order chi connectivity index (χ0) is 27.5. The smallest absolute Gasteiger partial charge is 0.311 e. The van der Waals surface area contributed by atoms with Crippen LogP contribution in [0.1, 0.15) is 31.4 Å². The Morgan fingerprint density at radius 3 is 2.21 bits per heavy atom. The van der Waals surface area contributed by atoms with Crippen LogP contribution in [0.5, 0.6) is 11.5 Å². The normalized spacial score (nSPS) is 12.2. The van der Waals surface area contributed by atoms with E-state index in [4.69, 9.17) is 9.47 Å². The summed E-state index contributed by atoms with van der Waals surface area (Å²) >= 11 is 0. The minimum atomic E-state index is -0.783. The van der Waals surface area contributed by atoms with Gasteiger partial charge in [-0.1, -0.05) is 67.6 Å². The molecule has 2 amide bonds. The highest BCUT2D eigenvalue weighted by atomic mass is 16.6. The molecule has 0 aromatic heterocycles. The van der Waals surface area contributed by atoms with Crippen molar-refractivity contribution in [3.05, 3.63) is 100 Å². The van der Waals surface area contributed by atoms with E-state index >= 15 is 0 Å². The van der Waals surface area contributed by atoms with Crippen LogP contribution in [0.15, 0.2) is 78.9 Å². The Bertz CT molecular complexity index is 1220. The summed E-state index contributed by atoms with van der Waals surface area (Å²) in [5.74, 6) is -0.379. The van der Waals surface area contributed by atoms with E-state index in [0.29, 0.717) is 6.42 Å². The van der Waals surface area contributed by atoms with Gasteiger partial charge < -0.3 is 19.7 Å². The van der Waals surface area contributed by atoms with E-state index in [1.165, 1.54) is 30.2 Å². The Morgan fingerprint density at radius 1 is 1.00 bits per heavy atom. The maximum absolute atomic E-state index is 13.6. The van der Waals surface area contributed by atoms with Gasteiger partial charge in [-0.05, 0) is 30.5 Å². The lowest BCUT2D eigenvalue weighted by molar-refractivity contribution is -0.385. The average molecular weight is 520 g/mol. The van der Waals surface area contributed by atoms with Crippen LogP contribution >= 0.6 is 0 Å². The second-order valence-corrected chi connectivity index (χ2v) is 8.91. The number of nitro benzene ring substituents is 1. The summed E-state index contributed by atoms with van der Waals surface area (Å²) in [7, 11) is 1.32. The standard InChI is InChI=1S/C29H33N3O6/c1-4-21(2)30-29(34)26(17-22-11-7-5-8-12-22)31(19-23-13-9-6-10-14-23)28(33)20-38-24-15-16-25(32(35)36)27(18-24)37-3/h5-16,18,21,26H,4,17,19-20H2,1-3H3,(H,30,34)/t21-,26+/m0/s1. The molecular formula is C29H33N3O6. The van der Waals surface area contributed by atoms with Crippen LogP contribution in [0.3, 0.4) is 0 Å². The zero-order valence-electron chi connectivity index (χ0n) is 21.8. The number of ether oxygens (including phenoxy) is 2. The quantitative estimate of drug-likeness (QED) is 0.262. The third-order valence-electron chi connectivity index (χ3n) is 6.18. The Hall–Kier alpha value is -4.40. The molecule has 0 saturated carbocycles. The highest BCUT2D eigenvalue weighted by molar-refractivity contribution is 5.88. The maximum atomic E-state index is 13.6. The summed E-state index contributed by atoms with van der Waals surface area (Å²) in [5, 5.41) is 14.2. The van der Waals surface area contributed by atoms with Gasteiger partial charge in [-0.2, -0.15) is 0 Å². The Labute approximate surface area is 222 Å². The summed E-state index contributed by atoms with van der Waals surface area (Å²) in [4.78, 5) is 39.3. The second kappa shape index (κ2) is 13.8. The fourth-order valence-corrected chi connectivity index (χ4v) is 3.90. The van der Waals surface area contributed by atoms with Crippen molar-refractivity contribution in [1.82, 2.24) is 10.2 Å². The summed E-state index contributed by atoms with van der Waals surface area (Å²) in [6.07, 6.45) is 1.08. The minimum Gasteiger partial charge on any atom is -0.490 e. The maximum Gasteiger partial charge on any atom is 0.311 e. The molecule has 0 radical (unpaired) electrons. The molecule has 1 N–H and O–H groups in total. The van der Waals surface area contributed by atoms with Crippen LogP contribution in [-0.4, -0.2) is 47.4 Å². The van der Waals surface area contributed by atoms with Gasteiger partial charge in [-0.15, -0.1) is 0 Å². The summed E-state index contributed by atoms with van der Waals surface area (Å²) in [5.41, 5.74) is 1.58. The number of rotatable bonds is 13. The Kier molecular flexibility index (Phi) is 10.2. The lowest BCUT2D eigenvalue weighted by atomic mass is 10.0. The number of methoxy groups -OCH3 is 1. The molecule has 0 saturated heterocycles. The number of carbonyl (C=O) groups excluding carboxylic acids is 2. The molecule has 9 nitrogen and oxygen atoms in total. The SMILES string of the molecule is CC[C@H](C)NC(=O)[C@@H](Cc1ccccc1)N(Cc1ccccc1)C(=O)COc1ccc([N+](=O)[O-])c(OC)c1. The molecule has 9 heteroatoms. The van der Waals surface area contributed by atoms with E-state index in [-0.39, 0.29) is 42.3 Å². The largest absolute Gasteiger partial charge is 0.490 e. The molecule has 2 atom stereocenters. The van der Waals surface area contributed by atoms with E-state index in [1.807, 2.05) is 74.5 Å². The first-order chi connectivity index (χ1) is 18.3. The van der Waals surface area contributed by atoms with Gasteiger partial charge in [0.1, 0.15) is 11.8 Å². The van der Waals surface area contributed by atoms with Crippen molar-refractivity contribution in [1.29, 1.82) is 0 Å². The van der Waals surface area contributed by atoms with Crippen LogP contribution in [-0.2, 0) is 22.6 Å². The molecule has 0 unspecified atom stereocenters. The first kappa shape index (κ1) is 28.2. The molecule has 3 aromatic rings. The zero-order valence-corrected chi connectivity index (χ0v) is 21.8. The van der Waals surface area contributed by atoms with E-state index in [0.717, 1.165) is 17.5 Å². The molecule has 0 heterocycles. The molecular weight excluding hydrogens is 486 g/mol. The lowest BCUT2D eigenvalue weighted by Crippen LogP contribution is -2.53. The lowest BCUT2D eigenvalue weighted by Gasteiger charge is -2.32. The van der Waals surface area contributed by atoms with Gasteiger partial charge in [-0.3, -0.25) is 19.7 Å². The molecule has 0 spiro atoms. The fourth-order valence-electron chi connectivity index (χ4n) is 3.90. The van der Waals surface area contributed by atoms with Gasteiger partial charge in [0, 0.05) is 31.1 Å². The molecule has 0 bridgehead atoms. The average Bonchev–Trinajstić information content (AvgIpc) is 2.94. The molecule has 3 rings (SSSR count). The predicted molar refractivity (Wildman–Crippen MR) is 144 cm³/mol. The highest BCUT2D eigenvalue weighted by Gasteiger charge is 2.31. The number of benzene rings is 3. The molecule has 38 heavy (non-hydrogen) atoms.